The lowest BCUT2D eigenvalue weighted by atomic mass is 10.1. The molecule has 0 saturated heterocycles. The van der Waals surface area contributed by atoms with Crippen LogP contribution < -0.4 is 4.72 Å². The van der Waals surface area contributed by atoms with Gasteiger partial charge in [-0.05, 0) is 23.6 Å². The summed E-state index contributed by atoms with van der Waals surface area (Å²) < 4.78 is 8.58. The molecule has 1 aliphatic rings. The quantitative estimate of drug-likeness (QED) is 0.669. The highest BCUT2D eigenvalue weighted by atomic mass is 32.2. The number of hydrogen-bond acceptors (Lipinski definition) is 3. The minimum absolute atomic E-state index is 0.211. The first-order valence-corrected chi connectivity index (χ1v) is 4.75. The Bertz CT molecular complexity index is 277. The second-order valence-electron chi connectivity index (χ2n) is 2.71. The fraction of sp³-hybridized carbons (Fsp3) is 0.333. The Hall–Kier alpha value is -0.510. The average molecular weight is 181 g/mol. The number of hydrogen-bond donors (Lipinski definition) is 1. The second kappa shape index (κ2) is 3.47. The van der Waals surface area contributed by atoms with Crippen LogP contribution in [-0.4, -0.2) is 13.7 Å². The molecule has 0 bridgehead atoms. The predicted molar refractivity (Wildman–Crippen MR) is 50.1 cm³/mol. The average Bonchev–Trinajstić information content (AvgIpc) is 2.17. The highest BCUT2D eigenvalue weighted by molar-refractivity contribution is 7.97. The summed E-state index contributed by atoms with van der Waals surface area (Å²) in [5.74, 6) is 0. The summed E-state index contributed by atoms with van der Waals surface area (Å²) in [7, 11) is 1.75. The molecule has 64 valence electrons. The van der Waals surface area contributed by atoms with Crippen molar-refractivity contribution in [2.45, 2.75) is 11.0 Å². The van der Waals surface area contributed by atoms with Gasteiger partial charge in [-0.3, -0.25) is 4.72 Å². The molecule has 0 fully saturated rings. The van der Waals surface area contributed by atoms with Gasteiger partial charge in [0.25, 0.3) is 0 Å². The first kappa shape index (κ1) is 8.10. The van der Waals surface area contributed by atoms with E-state index >= 15 is 0 Å². The van der Waals surface area contributed by atoms with Gasteiger partial charge in [-0.1, -0.05) is 18.2 Å². The highest BCUT2D eigenvalue weighted by Crippen LogP contribution is 2.31. The number of rotatable bonds is 1. The number of benzene rings is 1. The lowest BCUT2D eigenvalue weighted by molar-refractivity contribution is 0.104. The van der Waals surface area contributed by atoms with Crippen LogP contribution in [0.25, 0.3) is 0 Å². The van der Waals surface area contributed by atoms with Crippen LogP contribution in [0, 0.1) is 0 Å². The first-order valence-electron chi connectivity index (χ1n) is 3.93. The maximum atomic E-state index is 5.34. The van der Waals surface area contributed by atoms with Crippen molar-refractivity contribution in [3.8, 4) is 0 Å². The van der Waals surface area contributed by atoms with Gasteiger partial charge in [0.05, 0.1) is 6.10 Å². The van der Waals surface area contributed by atoms with Crippen molar-refractivity contribution in [1.82, 2.24) is 4.72 Å². The van der Waals surface area contributed by atoms with E-state index in [2.05, 4.69) is 22.9 Å². The van der Waals surface area contributed by atoms with Gasteiger partial charge in [0.1, 0.15) is 0 Å². The molecule has 1 atom stereocenters. The minimum Gasteiger partial charge on any atom is -0.375 e. The van der Waals surface area contributed by atoms with E-state index < -0.39 is 0 Å². The molecule has 12 heavy (non-hydrogen) atoms. The van der Waals surface area contributed by atoms with Crippen LogP contribution in [0.15, 0.2) is 29.2 Å². The van der Waals surface area contributed by atoms with Gasteiger partial charge in [0.2, 0.25) is 0 Å². The monoisotopic (exact) mass is 181 g/mol. The molecule has 2 rings (SSSR count). The van der Waals surface area contributed by atoms with E-state index in [-0.39, 0.29) is 6.10 Å². The summed E-state index contributed by atoms with van der Waals surface area (Å²) in [6.45, 7) is 0.887. The molecule has 0 radical (unpaired) electrons. The molecule has 1 N–H and O–H groups in total. The predicted octanol–water partition coefficient (Wildman–Crippen LogP) is 1.98. The third kappa shape index (κ3) is 1.35. The topological polar surface area (TPSA) is 21.3 Å². The van der Waals surface area contributed by atoms with Crippen molar-refractivity contribution < 1.29 is 4.74 Å². The Kier molecular flexibility index (Phi) is 2.35. The molecular formula is C9H11NOS. The van der Waals surface area contributed by atoms with Gasteiger partial charge in [0.15, 0.2) is 0 Å². The highest BCUT2D eigenvalue weighted by Gasteiger charge is 2.18. The molecule has 0 spiro atoms. The summed E-state index contributed by atoms with van der Waals surface area (Å²) in [4.78, 5) is 1.27. The lowest BCUT2D eigenvalue weighted by Gasteiger charge is -2.23. The van der Waals surface area contributed by atoms with Crippen molar-refractivity contribution >= 4 is 11.9 Å². The lowest BCUT2D eigenvalue weighted by Crippen LogP contribution is -2.22. The Morgan fingerprint density at radius 1 is 1.50 bits per heavy atom. The molecule has 3 heteroatoms. The number of fused-ring (bicyclic) bond motifs is 1. The Morgan fingerprint density at radius 3 is 3.17 bits per heavy atom. The maximum absolute atomic E-state index is 5.34. The summed E-state index contributed by atoms with van der Waals surface area (Å²) in [6, 6.07) is 8.33. The normalized spacial score (nSPS) is 21.9. The molecule has 2 nitrogen and oxygen atoms in total. The van der Waals surface area contributed by atoms with E-state index in [1.165, 1.54) is 10.5 Å². The van der Waals surface area contributed by atoms with E-state index in [0.717, 1.165) is 6.54 Å². The zero-order chi connectivity index (χ0) is 8.39. The largest absolute Gasteiger partial charge is 0.375 e. The summed E-state index contributed by atoms with van der Waals surface area (Å²) >= 11 is 1.68. The SMILES string of the molecule is COC1CNSc2ccccc21. The van der Waals surface area contributed by atoms with Crippen LogP contribution in [-0.2, 0) is 4.74 Å². The van der Waals surface area contributed by atoms with Crippen LogP contribution in [0.5, 0.6) is 0 Å². The van der Waals surface area contributed by atoms with E-state index in [1.807, 2.05) is 6.07 Å². The third-order valence-corrected chi connectivity index (χ3v) is 2.90. The van der Waals surface area contributed by atoms with Crippen molar-refractivity contribution in [2.75, 3.05) is 13.7 Å². The summed E-state index contributed by atoms with van der Waals surface area (Å²) in [5, 5.41) is 0. The van der Waals surface area contributed by atoms with Crippen LogP contribution >= 0.6 is 11.9 Å². The van der Waals surface area contributed by atoms with Gasteiger partial charge in [-0.2, -0.15) is 0 Å². The van der Waals surface area contributed by atoms with Gasteiger partial charge in [-0.15, -0.1) is 0 Å². The first-order chi connectivity index (χ1) is 5.92. The maximum Gasteiger partial charge on any atom is 0.0966 e. The van der Waals surface area contributed by atoms with Crippen LogP contribution in [0.4, 0.5) is 0 Å². The number of methoxy groups -OCH3 is 1. The molecule has 1 heterocycles. The van der Waals surface area contributed by atoms with Crippen molar-refractivity contribution in [1.29, 1.82) is 0 Å². The Balaban J connectivity index is 2.37. The van der Waals surface area contributed by atoms with Crippen LogP contribution in [0.2, 0.25) is 0 Å². The zero-order valence-corrected chi connectivity index (χ0v) is 7.73. The molecule has 0 aliphatic carbocycles. The summed E-state index contributed by atoms with van der Waals surface area (Å²) in [6.07, 6.45) is 0.211. The fourth-order valence-corrected chi connectivity index (χ4v) is 2.21. The van der Waals surface area contributed by atoms with Crippen molar-refractivity contribution in [2.24, 2.45) is 0 Å². The molecule has 1 aromatic carbocycles. The molecule has 1 unspecified atom stereocenters. The molecule has 0 aromatic heterocycles. The van der Waals surface area contributed by atoms with Gasteiger partial charge in [0, 0.05) is 18.6 Å². The molecule has 0 amide bonds. The van der Waals surface area contributed by atoms with Crippen LogP contribution in [0.3, 0.4) is 0 Å². The van der Waals surface area contributed by atoms with Crippen molar-refractivity contribution in [3.05, 3.63) is 29.8 Å². The molecule has 1 aliphatic heterocycles. The van der Waals surface area contributed by atoms with E-state index in [1.54, 1.807) is 19.1 Å². The molecular weight excluding hydrogens is 170 g/mol. The van der Waals surface area contributed by atoms with E-state index in [9.17, 15) is 0 Å². The number of nitrogens with one attached hydrogen (secondary N) is 1. The summed E-state index contributed by atoms with van der Waals surface area (Å²) in [5.41, 5.74) is 1.30. The van der Waals surface area contributed by atoms with Gasteiger partial charge < -0.3 is 4.74 Å². The third-order valence-electron chi connectivity index (χ3n) is 2.00. The van der Waals surface area contributed by atoms with Crippen molar-refractivity contribution in [3.63, 3.8) is 0 Å². The second-order valence-corrected chi connectivity index (χ2v) is 3.65. The smallest absolute Gasteiger partial charge is 0.0966 e. The van der Waals surface area contributed by atoms with Gasteiger partial charge >= 0.3 is 0 Å². The Labute approximate surface area is 76.4 Å². The Morgan fingerprint density at radius 2 is 2.33 bits per heavy atom. The molecule has 0 saturated carbocycles. The van der Waals surface area contributed by atoms with Gasteiger partial charge in [-0.25, -0.2) is 0 Å². The van der Waals surface area contributed by atoms with Crippen LogP contribution in [0.1, 0.15) is 11.7 Å². The van der Waals surface area contributed by atoms with E-state index in [0.29, 0.717) is 0 Å². The molecule has 1 aromatic rings. The van der Waals surface area contributed by atoms with E-state index in [4.69, 9.17) is 4.74 Å². The number of ether oxygens (including phenoxy) is 1. The zero-order valence-electron chi connectivity index (χ0n) is 6.91. The fourth-order valence-electron chi connectivity index (χ4n) is 1.35. The minimum atomic E-state index is 0.211. The standard InChI is InChI=1S/C9H11NOS/c1-11-8-6-10-12-9-5-3-2-4-7(8)9/h2-5,8,10H,6H2,1H3.